The van der Waals surface area contributed by atoms with Gasteiger partial charge >= 0.3 is 5.97 Å². The van der Waals surface area contributed by atoms with Crippen LogP contribution < -0.4 is 0 Å². The minimum atomic E-state index is -0.263. The maximum absolute atomic E-state index is 11.7. The Bertz CT molecular complexity index is 459. The van der Waals surface area contributed by atoms with Gasteiger partial charge in [0.05, 0.1) is 6.42 Å². The summed E-state index contributed by atoms with van der Waals surface area (Å²) in [6, 6.07) is 10.1. The van der Waals surface area contributed by atoms with Gasteiger partial charge in [-0.05, 0) is 5.56 Å². The topological polar surface area (TPSA) is 26.3 Å². The van der Waals surface area contributed by atoms with Crippen LogP contribution in [0.5, 0.6) is 0 Å². The van der Waals surface area contributed by atoms with Gasteiger partial charge in [0, 0.05) is 10.8 Å². The van der Waals surface area contributed by atoms with E-state index in [-0.39, 0.29) is 16.8 Å². The molecule has 0 aromatic heterocycles. The third-order valence-electron chi connectivity index (χ3n) is 4.22. The maximum Gasteiger partial charge on any atom is 0.311 e. The summed E-state index contributed by atoms with van der Waals surface area (Å²) in [6.07, 6.45) is 0.392. The van der Waals surface area contributed by atoms with Gasteiger partial charge in [0.2, 0.25) is 0 Å². The van der Waals surface area contributed by atoms with Crippen molar-refractivity contribution in [2.24, 2.45) is 5.41 Å². The van der Waals surface area contributed by atoms with Gasteiger partial charge in [0.1, 0.15) is 5.76 Å². The first-order valence-electron chi connectivity index (χ1n) is 5.83. The molecule has 0 spiro atoms. The molecule has 1 aromatic carbocycles. The van der Waals surface area contributed by atoms with Crippen LogP contribution in [0.4, 0.5) is 0 Å². The number of esters is 1. The van der Waals surface area contributed by atoms with Crippen molar-refractivity contribution in [3.05, 3.63) is 48.2 Å². The average molecular weight is 230 g/mol. The van der Waals surface area contributed by atoms with Crippen molar-refractivity contribution in [1.29, 1.82) is 0 Å². The summed E-state index contributed by atoms with van der Waals surface area (Å²) in [4.78, 5) is 11.7. The van der Waals surface area contributed by atoms with Gasteiger partial charge in [-0.25, -0.2) is 0 Å². The van der Waals surface area contributed by atoms with Crippen LogP contribution in [-0.2, 0) is 14.9 Å². The van der Waals surface area contributed by atoms with E-state index in [1.807, 2.05) is 18.2 Å². The standard InChI is InChI=1S/C15H18O2/c1-11-14(2,3)15(4,10-13(16)17-11)12-8-6-5-7-9-12/h5-9H,1,10H2,2-4H3. The van der Waals surface area contributed by atoms with Crippen LogP contribution in [-0.4, -0.2) is 5.97 Å². The second kappa shape index (κ2) is 3.73. The lowest BCUT2D eigenvalue weighted by atomic mass is 9.59. The fraction of sp³-hybridized carbons (Fsp3) is 0.400. The van der Waals surface area contributed by atoms with E-state index in [1.165, 1.54) is 0 Å². The molecular formula is C15H18O2. The van der Waals surface area contributed by atoms with Crippen LogP contribution in [0.25, 0.3) is 0 Å². The largest absolute Gasteiger partial charge is 0.431 e. The summed E-state index contributed by atoms with van der Waals surface area (Å²) in [5.41, 5.74) is 0.631. The number of carbonyl (C=O) groups is 1. The van der Waals surface area contributed by atoms with Crippen molar-refractivity contribution >= 4 is 5.97 Å². The number of benzene rings is 1. The molecule has 90 valence electrons. The predicted molar refractivity (Wildman–Crippen MR) is 67.4 cm³/mol. The van der Waals surface area contributed by atoms with Gasteiger partial charge in [-0.1, -0.05) is 57.7 Å². The van der Waals surface area contributed by atoms with E-state index in [1.54, 1.807) is 0 Å². The molecule has 1 unspecified atom stereocenters. The highest BCUT2D eigenvalue weighted by Gasteiger charge is 2.50. The predicted octanol–water partition coefficient (Wildman–Crippen LogP) is 3.43. The normalized spacial score (nSPS) is 27.7. The van der Waals surface area contributed by atoms with Gasteiger partial charge in [0.25, 0.3) is 0 Å². The van der Waals surface area contributed by atoms with Crippen molar-refractivity contribution in [2.45, 2.75) is 32.6 Å². The number of allylic oxidation sites excluding steroid dienone is 1. The van der Waals surface area contributed by atoms with E-state index in [0.29, 0.717) is 12.2 Å². The third kappa shape index (κ3) is 1.68. The summed E-state index contributed by atoms with van der Waals surface area (Å²) in [5, 5.41) is 0. The molecule has 2 heteroatoms. The molecule has 1 aromatic rings. The van der Waals surface area contributed by atoms with Gasteiger partial charge in [-0.2, -0.15) is 0 Å². The molecule has 1 aliphatic heterocycles. The minimum Gasteiger partial charge on any atom is -0.431 e. The molecule has 0 saturated carbocycles. The summed E-state index contributed by atoms with van der Waals surface area (Å²) >= 11 is 0. The van der Waals surface area contributed by atoms with E-state index >= 15 is 0 Å². The smallest absolute Gasteiger partial charge is 0.311 e. The number of rotatable bonds is 1. The highest BCUT2D eigenvalue weighted by atomic mass is 16.5. The van der Waals surface area contributed by atoms with Crippen LogP contribution in [0, 0.1) is 5.41 Å². The highest BCUT2D eigenvalue weighted by Crippen LogP contribution is 2.51. The van der Waals surface area contributed by atoms with Crippen LogP contribution >= 0.6 is 0 Å². The minimum absolute atomic E-state index is 0.194. The molecule has 0 radical (unpaired) electrons. The molecule has 0 amide bonds. The van der Waals surface area contributed by atoms with Crippen LogP contribution in [0.15, 0.2) is 42.7 Å². The summed E-state index contributed by atoms with van der Waals surface area (Å²) < 4.78 is 5.19. The van der Waals surface area contributed by atoms with E-state index in [9.17, 15) is 4.79 Å². The van der Waals surface area contributed by atoms with Crippen molar-refractivity contribution in [1.82, 2.24) is 0 Å². The first kappa shape index (κ1) is 11.9. The summed E-state index contributed by atoms with van der Waals surface area (Å²) in [6.45, 7) is 10.2. The molecule has 17 heavy (non-hydrogen) atoms. The Morgan fingerprint density at radius 2 is 1.76 bits per heavy atom. The monoisotopic (exact) mass is 230 g/mol. The Balaban J connectivity index is 2.54. The van der Waals surface area contributed by atoms with E-state index < -0.39 is 0 Å². The molecule has 0 N–H and O–H groups in total. The van der Waals surface area contributed by atoms with Gasteiger partial charge < -0.3 is 4.74 Å². The average Bonchev–Trinajstić information content (AvgIpc) is 2.28. The van der Waals surface area contributed by atoms with E-state index in [2.05, 4.69) is 39.5 Å². The number of ether oxygens (including phenoxy) is 1. The molecule has 1 heterocycles. The molecule has 1 aliphatic rings. The number of cyclic esters (lactones) is 1. The first-order valence-corrected chi connectivity index (χ1v) is 5.83. The molecule has 2 rings (SSSR count). The maximum atomic E-state index is 11.7. The Morgan fingerprint density at radius 1 is 1.18 bits per heavy atom. The molecule has 0 bridgehead atoms. The SMILES string of the molecule is C=C1OC(=O)CC(C)(c2ccccc2)C1(C)C. The highest BCUT2D eigenvalue weighted by molar-refractivity contribution is 5.75. The van der Waals surface area contributed by atoms with Crippen molar-refractivity contribution < 1.29 is 9.53 Å². The Kier molecular flexibility index (Phi) is 2.61. The second-order valence-electron chi connectivity index (χ2n) is 5.40. The summed E-state index contributed by atoms with van der Waals surface area (Å²) in [7, 11) is 0. The Hall–Kier alpha value is -1.57. The number of carbonyl (C=O) groups excluding carboxylic acids is 1. The van der Waals surface area contributed by atoms with E-state index in [0.717, 1.165) is 5.56 Å². The lowest BCUT2D eigenvalue weighted by molar-refractivity contribution is -0.150. The fourth-order valence-electron chi connectivity index (χ4n) is 2.39. The first-order chi connectivity index (χ1) is 7.88. The Labute approximate surface area is 102 Å². The second-order valence-corrected chi connectivity index (χ2v) is 5.40. The third-order valence-corrected chi connectivity index (χ3v) is 4.22. The number of hydrogen-bond acceptors (Lipinski definition) is 2. The Morgan fingerprint density at radius 3 is 2.35 bits per heavy atom. The molecule has 2 nitrogen and oxygen atoms in total. The zero-order valence-corrected chi connectivity index (χ0v) is 10.6. The van der Waals surface area contributed by atoms with Gasteiger partial charge in [0.15, 0.2) is 0 Å². The van der Waals surface area contributed by atoms with Gasteiger partial charge in [-0.15, -0.1) is 0 Å². The lowest BCUT2D eigenvalue weighted by Crippen LogP contribution is -2.47. The molecule has 0 aliphatic carbocycles. The van der Waals surface area contributed by atoms with Crippen LogP contribution in [0.3, 0.4) is 0 Å². The van der Waals surface area contributed by atoms with Crippen LogP contribution in [0.1, 0.15) is 32.8 Å². The zero-order valence-electron chi connectivity index (χ0n) is 10.6. The lowest BCUT2D eigenvalue weighted by Gasteiger charge is -2.47. The zero-order chi connectivity index (χ0) is 12.7. The number of hydrogen-bond donors (Lipinski definition) is 0. The molecule has 1 atom stereocenters. The quantitative estimate of drug-likeness (QED) is 0.691. The van der Waals surface area contributed by atoms with Crippen molar-refractivity contribution in [3.63, 3.8) is 0 Å². The van der Waals surface area contributed by atoms with Crippen molar-refractivity contribution in [3.8, 4) is 0 Å². The van der Waals surface area contributed by atoms with E-state index in [4.69, 9.17) is 4.74 Å². The summed E-state index contributed by atoms with van der Waals surface area (Å²) in [5.74, 6) is 0.362. The molecular weight excluding hydrogens is 212 g/mol. The van der Waals surface area contributed by atoms with Gasteiger partial charge in [-0.3, -0.25) is 4.79 Å². The fourth-order valence-corrected chi connectivity index (χ4v) is 2.39. The molecule has 1 fully saturated rings. The van der Waals surface area contributed by atoms with Crippen LogP contribution in [0.2, 0.25) is 0 Å². The molecule has 1 saturated heterocycles. The van der Waals surface area contributed by atoms with Crippen molar-refractivity contribution in [2.75, 3.05) is 0 Å².